The third kappa shape index (κ3) is 6.99. The molecule has 3 atom stereocenters. The predicted octanol–water partition coefficient (Wildman–Crippen LogP) is 1.11. The van der Waals surface area contributed by atoms with Gasteiger partial charge in [-0.1, -0.05) is 33.1 Å². The molecule has 0 saturated heterocycles. The fourth-order valence-corrected chi connectivity index (χ4v) is 2.24. The van der Waals surface area contributed by atoms with Crippen LogP contribution in [0.1, 0.15) is 59.8 Å². The van der Waals surface area contributed by atoms with Gasteiger partial charge in [0.1, 0.15) is 12.1 Å². The van der Waals surface area contributed by atoms with Crippen molar-refractivity contribution in [1.82, 2.24) is 10.2 Å². The molecule has 0 rings (SSSR count). The second kappa shape index (κ2) is 11.0. The van der Waals surface area contributed by atoms with E-state index < -0.39 is 30.0 Å². The van der Waals surface area contributed by atoms with Crippen LogP contribution in [0.5, 0.6) is 0 Å². The van der Waals surface area contributed by atoms with Gasteiger partial charge in [-0.15, -0.1) is 0 Å². The molecular formula is C16H31N3O4. The minimum absolute atomic E-state index is 0.359. The number of nitrogens with one attached hydrogen (secondary N) is 1. The Hall–Kier alpha value is -1.63. The molecule has 2 amide bonds. The van der Waals surface area contributed by atoms with E-state index in [2.05, 4.69) is 5.32 Å². The number of nitrogens with two attached hydrogens (primary N) is 1. The molecule has 0 bridgehead atoms. The van der Waals surface area contributed by atoms with Crippen molar-refractivity contribution in [2.45, 2.75) is 77.9 Å². The molecule has 4 N–H and O–H groups in total. The summed E-state index contributed by atoms with van der Waals surface area (Å²) in [6.45, 7) is 7.42. The van der Waals surface area contributed by atoms with E-state index in [0.717, 1.165) is 30.6 Å². The Bertz CT molecular complexity index is 401. The summed E-state index contributed by atoms with van der Waals surface area (Å²) in [7, 11) is 0. The minimum Gasteiger partial charge on any atom is -0.480 e. The normalized spacial score (nSPS) is 14.7. The number of carboxylic acids is 1. The van der Waals surface area contributed by atoms with Crippen molar-refractivity contribution in [1.29, 1.82) is 0 Å². The predicted molar refractivity (Wildman–Crippen MR) is 88.8 cm³/mol. The quantitative estimate of drug-likeness (QED) is 0.492. The van der Waals surface area contributed by atoms with Crippen LogP contribution in [0.4, 0.5) is 0 Å². The topological polar surface area (TPSA) is 113 Å². The third-order valence-electron chi connectivity index (χ3n) is 3.84. The molecule has 0 aliphatic rings. The van der Waals surface area contributed by atoms with Crippen LogP contribution in [0.3, 0.4) is 0 Å². The first kappa shape index (κ1) is 21.4. The Labute approximate surface area is 138 Å². The standard InChI is InChI=1S/C16H31N3O4/c1-5-7-9-13(17)15(21)19(12(4)16(22)23)11(3)14(20)18-10-8-6-2/h11-13H,5-10,17H2,1-4H3,(H,18,20)(H,22,23)/t11-,12+,13-/m0/s1. The number of rotatable bonds is 11. The first-order valence-electron chi connectivity index (χ1n) is 8.36. The smallest absolute Gasteiger partial charge is 0.326 e. The molecule has 0 aromatic carbocycles. The molecule has 7 heteroatoms. The Morgan fingerprint density at radius 1 is 1.09 bits per heavy atom. The van der Waals surface area contributed by atoms with Crippen LogP contribution in [-0.4, -0.2) is 52.5 Å². The number of nitrogens with zero attached hydrogens (tertiary/aromatic N) is 1. The molecule has 7 nitrogen and oxygen atoms in total. The summed E-state index contributed by atoms with van der Waals surface area (Å²) in [6, 6.07) is -2.78. The largest absolute Gasteiger partial charge is 0.480 e. The van der Waals surface area contributed by atoms with E-state index >= 15 is 0 Å². The Morgan fingerprint density at radius 2 is 1.65 bits per heavy atom. The molecule has 23 heavy (non-hydrogen) atoms. The fraction of sp³-hybridized carbons (Fsp3) is 0.812. The van der Waals surface area contributed by atoms with E-state index in [1.807, 2.05) is 13.8 Å². The molecule has 0 aromatic rings. The van der Waals surface area contributed by atoms with Crippen molar-refractivity contribution in [3.63, 3.8) is 0 Å². The van der Waals surface area contributed by atoms with E-state index in [1.165, 1.54) is 13.8 Å². The summed E-state index contributed by atoms with van der Waals surface area (Å²) in [5.41, 5.74) is 5.89. The summed E-state index contributed by atoms with van der Waals surface area (Å²) in [6.07, 6.45) is 3.91. The molecule has 0 fully saturated rings. The molecule has 0 saturated carbocycles. The van der Waals surface area contributed by atoms with Gasteiger partial charge in [0.25, 0.3) is 0 Å². The van der Waals surface area contributed by atoms with Gasteiger partial charge in [-0.2, -0.15) is 0 Å². The zero-order chi connectivity index (χ0) is 18.0. The summed E-state index contributed by atoms with van der Waals surface area (Å²) >= 11 is 0. The van der Waals surface area contributed by atoms with Gasteiger partial charge in [0, 0.05) is 6.54 Å². The summed E-state index contributed by atoms with van der Waals surface area (Å²) < 4.78 is 0. The molecule has 0 aromatic heterocycles. The number of aliphatic carboxylic acids is 1. The Kier molecular flexibility index (Phi) is 10.2. The zero-order valence-corrected chi connectivity index (χ0v) is 14.7. The average molecular weight is 329 g/mol. The average Bonchev–Trinajstić information content (AvgIpc) is 2.52. The van der Waals surface area contributed by atoms with Gasteiger partial charge in [0.15, 0.2) is 0 Å². The fourth-order valence-electron chi connectivity index (χ4n) is 2.24. The first-order valence-corrected chi connectivity index (χ1v) is 8.36. The van der Waals surface area contributed by atoms with Gasteiger partial charge in [-0.3, -0.25) is 9.59 Å². The third-order valence-corrected chi connectivity index (χ3v) is 3.84. The number of hydrogen-bond acceptors (Lipinski definition) is 4. The van der Waals surface area contributed by atoms with Crippen molar-refractivity contribution >= 4 is 17.8 Å². The van der Waals surface area contributed by atoms with E-state index in [0.29, 0.717) is 13.0 Å². The molecule has 0 radical (unpaired) electrons. The maximum absolute atomic E-state index is 12.5. The molecule has 0 spiro atoms. The molecule has 0 unspecified atom stereocenters. The van der Waals surface area contributed by atoms with Crippen LogP contribution in [0.25, 0.3) is 0 Å². The lowest BCUT2D eigenvalue weighted by molar-refractivity contribution is -0.154. The lowest BCUT2D eigenvalue weighted by Gasteiger charge is -2.33. The van der Waals surface area contributed by atoms with Gasteiger partial charge >= 0.3 is 5.97 Å². The second-order valence-electron chi connectivity index (χ2n) is 5.83. The first-order chi connectivity index (χ1) is 10.8. The molecule has 0 aliphatic carbocycles. The highest BCUT2D eigenvalue weighted by Crippen LogP contribution is 2.12. The van der Waals surface area contributed by atoms with Gasteiger partial charge in [0.05, 0.1) is 6.04 Å². The van der Waals surface area contributed by atoms with Crippen LogP contribution in [-0.2, 0) is 14.4 Å². The van der Waals surface area contributed by atoms with Crippen LogP contribution in [0, 0.1) is 0 Å². The highest BCUT2D eigenvalue weighted by atomic mass is 16.4. The van der Waals surface area contributed by atoms with Crippen molar-refractivity contribution < 1.29 is 19.5 Å². The maximum atomic E-state index is 12.5. The van der Waals surface area contributed by atoms with Gasteiger partial charge in [-0.25, -0.2) is 4.79 Å². The van der Waals surface area contributed by atoms with Crippen molar-refractivity contribution in [3.8, 4) is 0 Å². The van der Waals surface area contributed by atoms with E-state index in [4.69, 9.17) is 5.73 Å². The minimum atomic E-state index is -1.16. The maximum Gasteiger partial charge on any atom is 0.326 e. The Balaban J connectivity index is 5.09. The van der Waals surface area contributed by atoms with E-state index in [1.54, 1.807) is 0 Å². The molecule has 0 heterocycles. The second-order valence-corrected chi connectivity index (χ2v) is 5.83. The van der Waals surface area contributed by atoms with Gasteiger partial charge < -0.3 is 21.1 Å². The number of carboxylic acid groups (broad SMARTS) is 1. The van der Waals surface area contributed by atoms with Crippen molar-refractivity contribution in [3.05, 3.63) is 0 Å². The lowest BCUT2D eigenvalue weighted by Crippen LogP contribution is -2.58. The number of unbranched alkanes of at least 4 members (excludes halogenated alkanes) is 2. The summed E-state index contributed by atoms with van der Waals surface area (Å²) in [5.74, 6) is -2.01. The van der Waals surface area contributed by atoms with Crippen LogP contribution in [0.15, 0.2) is 0 Å². The molecular weight excluding hydrogens is 298 g/mol. The summed E-state index contributed by atoms with van der Waals surface area (Å²) in [5, 5.41) is 12.0. The lowest BCUT2D eigenvalue weighted by atomic mass is 10.1. The van der Waals surface area contributed by atoms with Gasteiger partial charge in [0.2, 0.25) is 11.8 Å². The molecule has 0 aliphatic heterocycles. The van der Waals surface area contributed by atoms with Crippen molar-refractivity contribution in [2.24, 2.45) is 5.73 Å². The van der Waals surface area contributed by atoms with Gasteiger partial charge in [-0.05, 0) is 26.7 Å². The van der Waals surface area contributed by atoms with Crippen molar-refractivity contribution in [2.75, 3.05) is 6.54 Å². The number of carbonyl (C=O) groups is 3. The zero-order valence-electron chi connectivity index (χ0n) is 14.7. The highest BCUT2D eigenvalue weighted by molar-refractivity contribution is 5.92. The number of amides is 2. The summed E-state index contributed by atoms with van der Waals surface area (Å²) in [4.78, 5) is 37.1. The van der Waals surface area contributed by atoms with Crippen LogP contribution >= 0.6 is 0 Å². The number of carbonyl (C=O) groups excluding carboxylic acids is 2. The Morgan fingerprint density at radius 3 is 2.13 bits per heavy atom. The monoisotopic (exact) mass is 329 g/mol. The van der Waals surface area contributed by atoms with E-state index in [-0.39, 0.29) is 5.91 Å². The van der Waals surface area contributed by atoms with Crippen LogP contribution in [0.2, 0.25) is 0 Å². The number of hydrogen-bond donors (Lipinski definition) is 3. The van der Waals surface area contributed by atoms with E-state index in [9.17, 15) is 19.5 Å². The van der Waals surface area contributed by atoms with Crippen LogP contribution < -0.4 is 11.1 Å². The highest BCUT2D eigenvalue weighted by Gasteiger charge is 2.35. The molecule has 134 valence electrons. The SMILES string of the molecule is CCCCNC(=O)[C@H](C)N(C(=O)[C@@H](N)CCCC)[C@H](C)C(=O)O.